The summed E-state index contributed by atoms with van der Waals surface area (Å²) in [6, 6.07) is 5.69. The zero-order valence-electron chi connectivity index (χ0n) is 11.4. The molecule has 1 amide bonds. The number of ketones is 1. The molecular formula is C15H19NO3. The van der Waals surface area contributed by atoms with Crippen molar-refractivity contribution in [1.82, 2.24) is 4.90 Å². The number of carbonyl (C=O) groups excluding carboxylic acids is 2. The second-order valence-electron chi connectivity index (χ2n) is 4.72. The molecule has 1 fully saturated rings. The lowest BCUT2D eigenvalue weighted by molar-refractivity contribution is -0.120. The van der Waals surface area contributed by atoms with E-state index in [0.29, 0.717) is 37.2 Å². The highest BCUT2D eigenvalue weighted by Crippen LogP contribution is 2.23. The summed E-state index contributed by atoms with van der Waals surface area (Å²) in [4.78, 5) is 25.5. The number of likely N-dealkylation sites (tertiary alicyclic amines) is 1. The Balaban J connectivity index is 2.24. The molecule has 4 nitrogen and oxygen atoms in total. The summed E-state index contributed by atoms with van der Waals surface area (Å²) in [5.41, 5.74) is 1.70. The minimum Gasteiger partial charge on any atom is -0.496 e. The zero-order valence-corrected chi connectivity index (χ0v) is 11.4. The Morgan fingerprint density at radius 2 is 2.00 bits per heavy atom. The maximum atomic E-state index is 12.5. The molecule has 0 spiro atoms. The molecule has 0 bridgehead atoms. The van der Waals surface area contributed by atoms with Crippen LogP contribution in [0.1, 0.15) is 35.7 Å². The van der Waals surface area contributed by atoms with Crippen molar-refractivity contribution < 1.29 is 14.3 Å². The number of methoxy groups -OCH3 is 1. The summed E-state index contributed by atoms with van der Waals surface area (Å²) >= 11 is 0. The number of piperidine rings is 1. The fourth-order valence-corrected chi connectivity index (χ4v) is 2.27. The van der Waals surface area contributed by atoms with Crippen LogP contribution in [-0.2, 0) is 11.2 Å². The predicted molar refractivity (Wildman–Crippen MR) is 72.5 cm³/mol. The van der Waals surface area contributed by atoms with Crippen LogP contribution in [0.3, 0.4) is 0 Å². The normalized spacial score (nSPS) is 15.5. The van der Waals surface area contributed by atoms with Gasteiger partial charge in [0.25, 0.3) is 5.91 Å². The average molecular weight is 261 g/mol. The fourth-order valence-electron chi connectivity index (χ4n) is 2.27. The first-order valence-electron chi connectivity index (χ1n) is 6.63. The molecule has 1 heterocycles. The first kappa shape index (κ1) is 13.6. The lowest BCUT2D eigenvalue weighted by Gasteiger charge is -2.26. The van der Waals surface area contributed by atoms with Crippen molar-refractivity contribution in [2.24, 2.45) is 0 Å². The number of aryl methyl sites for hydroxylation is 1. The van der Waals surface area contributed by atoms with Crippen LogP contribution >= 0.6 is 0 Å². The maximum Gasteiger partial charge on any atom is 0.257 e. The van der Waals surface area contributed by atoms with Crippen LogP contribution in [0.4, 0.5) is 0 Å². The predicted octanol–water partition coefficient (Wildman–Crippen LogP) is 2.06. The van der Waals surface area contributed by atoms with Crippen molar-refractivity contribution in [2.45, 2.75) is 26.2 Å². The van der Waals surface area contributed by atoms with Gasteiger partial charge < -0.3 is 9.64 Å². The minimum atomic E-state index is -0.0420. The van der Waals surface area contributed by atoms with Gasteiger partial charge in [0.15, 0.2) is 0 Å². The van der Waals surface area contributed by atoms with Gasteiger partial charge in [-0.25, -0.2) is 0 Å². The van der Waals surface area contributed by atoms with Gasteiger partial charge in [0.05, 0.1) is 12.7 Å². The Morgan fingerprint density at radius 1 is 1.32 bits per heavy atom. The number of benzene rings is 1. The Kier molecular flexibility index (Phi) is 4.20. The van der Waals surface area contributed by atoms with Crippen molar-refractivity contribution in [2.75, 3.05) is 20.2 Å². The van der Waals surface area contributed by atoms with Crippen LogP contribution in [0.2, 0.25) is 0 Å². The third-order valence-corrected chi connectivity index (χ3v) is 3.51. The number of rotatable bonds is 3. The number of Topliss-reactive ketones (excluding diaryl/α,β-unsaturated/α-hetero) is 1. The van der Waals surface area contributed by atoms with E-state index in [0.717, 1.165) is 12.0 Å². The quantitative estimate of drug-likeness (QED) is 0.836. The van der Waals surface area contributed by atoms with Crippen LogP contribution in [0.5, 0.6) is 5.75 Å². The standard InChI is InChI=1S/C15H19NO3/c1-3-11-4-5-14(19-2)13(10-11)15(18)16-8-6-12(17)7-9-16/h4-5,10H,3,6-9H2,1-2H3. The molecular weight excluding hydrogens is 242 g/mol. The van der Waals surface area contributed by atoms with E-state index in [2.05, 4.69) is 6.92 Å². The van der Waals surface area contributed by atoms with Gasteiger partial charge in [-0.1, -0.05) is 13.0 Å². The molecule has 1 aliphatic rings. The van der Waals surface area contributed by atoms with Gasteiger partial charge >= 0.3 is 0 Å². The molecule has 0 N–H and O–H groups in total. The van der Waals surface area contributed by atoms with Crippen molar-refractivity contribution in [3.05, 3.63) is 29.3 Å². The highest BCUT2D eigenvalue weighted by molar-refractivity contribution is 5.98. The summed E-state index contributed by atoms with van der Waals surface area (Å²) in [6.07, 6.45) is 1.80. The van der Waals surface area contributed by atoms with E-state index < -0.39 is 0 Å². The van der Waals surface area contributed by atoms with Gasteiger partial charge in [0.2, 0.25) is 0 Å². The molecule has 0 atom stereocenters. The molecule has 2 rings (SSSR count). The molecule has 0 unspecified atom stereocenters. The van der Waals surface area contributed by atoms with E-state index in [4.69, 9.17) is 4.74 Å². The van der Waals surface area contributed by atoms with Crippen molar-refractivity contribution >= 4 is 11.7 Å². The van der Waals surface area contributed by atoms with E-state index in [1.807, 2.05) is 18.2 Å². The molecule has 1 aromatic rings. The van der Waals surface area contributed by atoms with Gasteiger partial charge in [-0.2, -0.15) is 0 Å². The van der Waals surface area contributed by atoms with Gasteiger partial charge in [-0.05, 0) is 24.1 Å². The Bertz CT molecular complexity index is 486. The lowest BCUT2D eigenvalue weighted by Crippen LogP contribution is -2.38. The Labute approximate surface area is 113 Å². The highest BCUT2D eigenvalue weighted by atomic mass is 16.5. The molecule has 0 aliphatic carbocycles. The van der Waals surface area contributed by atoms with E-state index in [1.54, 1.807) is 12.0 Å². The largest absolute Gasteiger partial charge is 0.496 e. The first-order chi connectivity index (χ1) is 9.15. The average Bonchev–Trinajstić information content (AvgIpc) is 2.46. The second-order valence-corrected chi connectivity index (χ2v) is 4.72. The van der Waals surface area contributed by atoms with Gasteiger partial charge in [0.1, 0.15) is 11.5 Å². The Morgan fingerprint density at radius 3 is 2.58 bits per heavy atom. The number of amides is 1. The zero-order chi connectivity index (χ0) is 13.8. The lowest BCUT2D eigenvalue weighted by atomic mass is 10.0. The van der Waals surface area contributed by atoms with Crippen molar-refractivity contribution in [1.29, 1.82) is 0 Å². The smallest absolute Gasteiger partial charge is 0.257 e. The second kappa shape index (κ2) is 5.87. The van der Waals surface area contributed by atoms with E-state index in [1.165, 1.54) is 0 Å². The highest BCUT2D eigenvalue weighted by Gasteiger charge is 2.24. The van der Waals surface area contributed by atoms with Gasteiger partial charge in [0, 0.05) is 25.9 Å². The van der Waals surface area contributed by atoms with Crippen molar-refractivity contribution in [3.63, 3.8) is 0 Å². The SMILES string of the molecule is CCc1ccc(OC)c(C(=O)N2CCC(=O)CC2)c1. The molecule has 0 radical (unpaired) electrons. The molecule has 0 aromatic heterocycles. The topological polar surface area (TPSA) is 46.6 Å². The van der Waals surface area contributed by atoms with Crippen LogP contribution in [-0.4, -0.2) is 36.8 Å². The van der Waals surface area contributed by atoms with E-state index in [-0.39, 0.29) is 11.7 Å². The van der Waals surface area contributed by atoms with Crippen LogP contribution < -0.4 is 4.74 Å². The van der Waals surface area contributed by atoms with Gasteiger partial charge in [-0.3, -0.25) is 9.59 Å². The molecule has 102 valence electrons. The van der Waals surface area contributed by atoms with Crippen LogP contribution in [0.25, 0.3) is 0 Å². The number of ether oxygens (including phenoxy) is 1. The summed E-state index contributed by atoms with van der Waals surface area (Å²) in [7, 11) is 1.57. The molecule has 1 aliphatic heterocycles. The van der Waals surface area contributed by atoms with E-state index in [9.17, 15) is 9.59 Å². The molecule has 0 saturated carbocycles. The summed E-state index contributed by atoms with van der Waals surface area (Å²) < 4.78 is 5.26. The monoisotopic (exact) mass is 261 g/mol. The summed E-state index contributed by atoms with van der Waals surface area (Å²) in [5.74, 6) is 0.789. The number of carbonyl (C=O) groups is 2. The number of nitrogens with zero attached hydrogens (tertiary/aromatic N) is 1. The molecule has 1 aromatic carbocycles. The molecule has 4 heteroatoms. The van der Waals surface area contributed by atoms with E-state index >= 15 is 0 Å². The molecule has 19 heavy (non-hydrogen) atoms. The third kappa shape index (κ3) is 2.95. The van der Waals surface area contributed by atoms with Crippen LogP contribution in [0, 0.1) is 0 Å². The summed E-state index contributed by atoms with van der Waals surface area (Å²) in [6.45, 7) is 3.07. The summed E-state index contributed by atoms with van der Waals surface area (Å²) in [5, 5.41) is 0. The van der Waals surface area contributed by atoms with Crippen molar-refractivity contribution in [3.8, 4) is 5.75 Å². The number of hydrogen-bond donors (Lipinski definition) is 0. The minimum absolute atomic E-state index is 0.0420. The number of hydrogen-bond acceptors (Lipinski definition) is 3. The Hall–Kier alpha value is -1.84. The fraction of sp³-hybridized carbons (Fsp3) is 0.467. The first-order valence-corrected chi connectivity index (χ1v) is 6.63. The molecule has 1 saturated heterocycles. The van der Waals surface area contributed by atoms with Gasteiger partial charge in [-0.15, -0.1) is 0 Å². The van der Waals surface area contributed by atoms with Crippen LogP contribution in [0.15, 0.2) is 18.2 Å². The third-order valence-electron chi connectivity index (χ3n) is 3.51. The maximum absolute atomic E-state index is 12.5.